The summed E-state index contributed by atoms with van der Waals surface area (Å²) in [5.74, 6) is 0.526. The fourth-order valence-corrected chi connectivity index (χ4v) is 2.61. The minimum atomic E-state index is -1.13. The molecule has 27 heavy (non-hydrogen) atoms. The Morgan fingerprint density at radius 3 is 2.70 bits per heavy atom. The summed E-state index contributed by atoms with van der Waals surface area (Å²) in [6.07, 6.45) is 0.605. The van der Waals surface area contributed by atoms with Crippen LogP contribution in [-0.2, 0) is 0 Å². The van der Waals surface area contributed by atoms with Gasteiger partial charge in [-0.05, 0) is 38.1 Å². The van der Waals surface area contributed by atoms with Crippen molar-refractivity contribution >= 4 is 17.0 Å². The number of carboxylic acid groups (broad SMARTS) is 1. The quantitative estimate of drug-likeness (QED) is 0.661. The SMILES string of the molecule is CCOc1ccc2cn(-c3ccc(OC[C@H](C)NC(=O)O)cc3F)nc2c1. The van der Waals surface area contributed by atoms with Gasteiger partial charge in [0.25, 0.3) is 0 Å². The third-order valence-electron chi connectivity index (χ3n) is 3.83. The van der Waals surface area contributed by atoms with Crippen LogP contribution in [0.15, 0.2) is 42.6 Å². The first kappa shape index (κ1) is 18.5. The molecular weight excluding hydrogens is 353 g/mol. The lowest BCUT2D eigenvalue weighted by Crippen LogP contribution is -2.35. The van der Waals surface area contributed by atoms with Crippen LogP contribution in [0.1, 0.15) is 13.8 Å². The molecule has 0 aliphatic heterocycles. The molecule has 0 saturated heterocycles. The van der Waals surface area contributed by atoms with Crippen molar-refractivity contribution in [3.8, 4) is 17.2 Å². The lowest BCUT2D eigenvalue weighted by molar-refractivity contribution is 0.183. The van der Waals surface area contributed by atoms with Gasteiger partial charge in [-0.1, -0.05) is 0 Å². The molecule has 7 nitrogen and oxygen atoms in total. The molecule has 0 aliphatic carbocycles. The minimum absolute atomic E-state index is 0.0942. The van der Waals surface area contributed by atoms with Crippen LogP contribution in [0.3, 0.4) is 0 Å². The van der Waals surface area contributed by atoms with Crippen LogP contribution in [0.5, 0.6) is 11.5 Å². The second-order valence-electron chi connectivity index (χ2n) is 6.00. The van der Waals surface area contributed by atoms with Crippen LogP contribution in [-0.4, -0.2) is 40.2 Å². The molecule has 1 amide bonds. The van der Waals surface area contributed by atoms with Gasteiger partial charge in [0, 0.05) is 23.7 Å². The van der Waals surface area contributed by atoms with E-state index in [0.29, 0.717) is 23.6 Å². The van der Waals surface area contributed by atoms with Crippen molar-refractivity contribution in [1.82, 2.24) is 15.1 Å². The summed E-state index contributed by atoms with van der Waals surface area (Å²) in [7, 11) is 0. The van der Waals surface area contributed by atoms with E-state index in [4.69, 9.17) is 14.6 Å². The number of carbonyl (C=O) groups is 1. The lowest BCUT2D eigenvalue weighted by atomic mass is 10.2. The Morgan fingerprint density at radius 1 is 1.26 bits per heavy atom. The number of halogens is 1. The summed E-state index contributed by atoms with van der Waals surface area (Å²) in [6.45, 7) is 4.21. The first-order chi connectivity index (χ1) is 13.0. The van der Waals surface area contributed by atoms with Gasteiger partial charge in [0.15, 0.2) is 5.82 Å². The van der Waals surface area contributed by atoms with Crippen molar-refractivity contribution in [2.75, 3.05) is 13.2 Å². The Balaban J connectivity index is 1.77. The molecule has 0 saturated carbocycles. The zero-order valence-electron chi connectivity index (χ0n) is 15.0. The minimum Gasteiger partial charge on any atom is -0.494 e. The predicted molar refractivity (Wildman–Crippen MR) is 98.3 cm³/mol. The number of benzene rings is 2. The molecule has 0 bridgehead atoms. The summed E-state index contributed by atoms with van der Waals surface area (Å²) in [5.41, 5.74) is 0.988. The van der Waals surface area contributed by atoms with Crippen molar-refractivity contribution < 1.29 is 23.8 Å². The number of amides is 1. The summed E-state index contributed by atoms with van der Waals surface area (Å²) >= 11 is 0. The van der Waals surface area contributed by atoms with Crippen LogP contribution in [0.2, 0.25) is 0 Å². The number of nitrogens with zero attached hydrogens (tertiary/aromatic N) is 2. The highest BCUT2D eigenvalue weighted by atomic mass is 19.1. The zero-order valence-corrected chi connectivity index (χ0v) is 15.0. The topological polar surface area (TPSA) is 85.6 Å². The molecule has 0 aliphatic rings. The number of nitrogens with one attached hydrogen (secondary N) is 1. The van der Waals surface area contributed by atoms with Crippen LogP contribution in [0, 0.1) is 5.82 Å². The maximum absolute atomic E-state index is 14.5. The molecule has 1 atom stereocenters. The van der Waals surface area contributed by atoms with Crippen molar-refractivity contribution in [2.24, 2.45) is 0 Å². The fourth-order valence-electron chi connectivity index (χ4n) is 2.61. The maximum Gasteiger partial charge on any atom is 0.404 e. The first-order valence-corrected chi connectivity index (χ1v) is 8.50. The van der Waals surface area contributed by atoms with E-state index in [0.717, 1.165) is 5.39 Å². The van der Waals surface area contributed by atoms with Gasteiger partial charge in [-0.2, -0.15) is 5.10 Å². The predicted octanol–water partition coefficient (Wildman–Crippen LogP) is 3.60. The van der Waals surface area contributed by atoms with E-state index in [1.807, 2.05) is 25.1 Å². The van der Waals surface area contributed by atoms with Gasteiger partial charge >= 0.3 is 6.09 Å². The summed E-state index contributed by atoms with van der Waals surface area (Å²) < 4.78 is 26.9. The fraction of sp³-hybridized carbons (Fsp3) is 0.263. The van der Waals surface area contributed by atoms with Crippen molar-refractivity contribution in [3.63, 3.8) is 0 Å². The van der Waals surface area contributed by atoms with Crippen LogP contribution < -0.4 is 14.8 Å². The van der Waals surface area contributed by atoms with Crippen molar-refractivity contribution in [3.05, 3.63) is 48.4 Å². The zero-order chi connectivity index (χ0) is 19.4. The van der Waals surface area contributed by atoms with Gasteiger partial charge in [-0.15, -0.1) is 0 Å². The average Bonchev–Trinajstić information content (AvgIpc) is 3.02. The van der Waals surface area contributed by atoms with Crippen molar-refractivity contribution in [1.29, 1.82) is 0 Å². The maximum atomic E-state index is 14.5. The van der Waals surface area contributed by atoms with Gasteiger partial charge in [0.1, 0.15) is 23.8 Å². The molecule has 1 aromatic heterocycles. The smallest absolute Gasteiger partial charge is 0.404 e. The third-order valence-corrected chi connectivity index (χ3v) is 3.83. The normalized spacial score (nSPS) is 12.0. The number of rotatable bonds is 7. The average molecular weight is 373 g/mol. The Morgan fingerprint density at radius 2 is 2.00 bits per heavy atom. The summed E-state index contributed by atoms with van der Waals surface area (Å²) in [6, 6.07) is 9.54. The summed E-state index contributed by atoms with van der Waals surface area (Å²) in [5, 5.41) is 16.2. The molecule has 2 N–H and O–H groups in total. The van der Waals surface area contributed by atoms with E-state index in [1.54, 1.807) is 25.3 Å². The molecule has 0 fully saturated rings. The standard InChI is InChI=1S/C19H20FN3O4/c1-3-26-15-5-4-13-10-23(22-17(13)9-15)18-7-6-14(8-16(18)20)27-11-12(2)21-19(24)25/h4-10,12,21H,3,11H2,1-2H3,(H,24,25)/t12-/m0/s1. The second kappa shape index (κ2) is 7.94. The highest BCUT2D eigenvalue weighted by molar-refractivity contribution is 5.80. The van der Waals surface area contributed by atoms with Gasteiger partial charge in [-0.25, -0.2) is 13.9 Å². The van der Waals surface area contributed by atoms with E-state index in [1.165, 1.54) is 10.7 Å². The molecule has 0 spiro atoms. The molecule has 2 aromatic carbocycles. The summed E-state index contributed by atoms with van der Waals surface area (Å²) in [4.78, 5) is 10.6. The van der Waals surface area contributed by atoms with Crippen LogP contribution >= 0.6 is 0 Å². The Kier molecular flexibility index (Phi) is 5.44. The highest BCUT2D eigenvalue weighted by Crippen LogP contribution is 2.24. The molecule has 0 radical (unpaired) electrons. The molecule has 3 aromatic rings. The van der Waals surface area contributed by atoms with Gasteiger partial charge in [0.05, 0.1) is 18.2 Å². The van der Waals surface area contributed by atoms with E-state index in [9.17, 15) is 9.18 Å². The van der Waals surface area contributed by atoms with Crippen LogP contribution in [0.25, 0.3) is 16.6 Å². The first-order valence-electron chi connectivity index (χ1n) is 8.50. The van der Waals surface area contributed by atoms with E-state index in [2.05, 4.69) is 10.4 Å². The van der Waals surface area contributed by atoms with E-state index >= 15 is 0 Å². The van der Waals surface area contributed by atoms with Gasteiger partial charge in [-0.3, -0.25) is 0 Å². The van der Waals surface area contributed by atoms with Crippen molar-refractivity contribution in [2.45, 2.75) is 19.9 Å². The lowest BCUT2D eigenvalue weighted by Gasteiger charge is -2.13. The van der Waals surface area contributed by atoms with Gasteiger partial charge < -0.3 is 19.9 Å². The van der Waals surface area contributed by atoms with E-state index in [-0.39, 0.29) is 12.3 Å². The third kappa shape index (κ3) is 4.46. The molecule has 1 heterocycles. The highest BCUT2D eigenvalue weighted by Gasteiger charge is 2.11. The molecule has 3 rings (SSSR count). The number of aromatic nitrogens is 2. The Labute approximate surface area is 155 Å². The number of hydrogen-bond acceptors (Lipinski definition) is 4. The number of fused-ring (bicyclic) bond motifs is 1. The number of ether oxygens (including phenoxy) is 2. The molecule has 0 unspecified atom stereocenters. The monoisotopic (exact) mass is 373 g/mol. The molecule has 8 heteroatoms. The van der Waals surface area contributed by atoms with Crippen LogP contribution in [0.4, 0.5) is 9.18 Å². The van der Waals surface area contributed by atoms with Gasteiger partial charge in [0.2, 0.25) is 0 Å². The number of hydrogen-bond donors (Lipinski definition) is 2. The Bertz CT molecular complexity index is 957. The molecule has 142 valence electrons. The second-order valence-corrected chi connectivity index (χ2v) is 6.00. The Hall–Kier alpha value is -3.29. The molecular formula is C19H20FN3O4. The largest absolute Gasteiger partial charge is 0.494 e. The van der Waals surface area contributed by atoms with E-state index < -0.39 is 18.0 Å².